The summed E-state index contributed by atoms with van der Waals surface area (Å²) in [5, 5.41) is 11.2. The van der Waals surface area contributed by atoms with Crippen LogP contribution < -0.4 is 10.5 Å². The summed E-state index contributed by atoms with van der Waals surface area (Å²) in [6.07, 6.45) is 0. The van der Waals surface area contributed by atoms with Gasteiger partial charge in [-0.05, 0) is 18.2 Å². The first-order valence-electron chi connectivity index (χ1n) is 5.86. The first-order valence-corrected chi connectivity index (χ1v) is 6.65. The molecule has 0 radical (unpaired) electrons. The molecule has 2 aromatic carbocycles. The molecule has 7 heteroatoms. The van der Waals surface area contributed by atoms with Gasteiger partial charge in [0.25, 0.3) is 0 Å². The van der Waals surface area contributed by atoms with Crippen LogP contribution in [0.4, 0.5) is 8.78 Å². The van der Waals surface area contributed by atoms with Gasteiger partial charge in [-0.25, -0.2) is 8.78 Å². The van der Waals surface area contributed by atoms with E-state index in [0.29, 0.717) is 0 Å². The van der Waals surface area contributed by atoms with Gasteiger partial charge < -0.3 is 15.7 Å². The van der Waals surface area contributed by atoms with Gasteiger partial charge in [-0.2, -0.15) is 0 Å². The first-order chi connectivity index (χ1) is 10.0. The molecule has 0 amide bonds. The number of amidine groups is 1. The zero-order valence-corrected chi connectivity index (χ0v) is 12.3. The van der Waals surface area contributed by atoms with Crippen molar-refractivity contribution in [3.05, 3.63) is 63.6 Å². The standard InChI is InChI=1S/C14H11BrF2N2O2/c15-10-4-2-1-3-8(10)7-21-13-11(16)5-9(6-12(13)17)14(18)19-20/h1-6,20H,7H2,(H2,18,19). The lowest BCUT2D eigenvalue weighted by atomic mass is 10.2. The van der Waals surface area contributed by atoms with Crippen molar-refractivity contribution in [2.24, 2.45) is 10.9 Å². The number of rotatable bonds is 4. The summed E-state index contributed by atoms with van der Waals surface area (Å²) in [5.74, 6) is -2.75. The normalized spacial score (nSPS) is 11.5. The molecule has 0 bridgehead atoms. The highest BCUT2D eigenvalue weighted by Crippen LogP contribution is 2.25. The second-order valence-electron chi connectivity index (χ2n) is 4.13. The molecule has 4 nitrogen and oxygen atoms in total. The minimum atomic E-state index is -0.927. The molecule has 0 saturated heterocycles. The van der Waals surface area contributed by atoms with Crippen LogP contribution in [0.15, 0.2) is 46.0 Å². The van der Waals surface area contributed by atoms with Gasteiger partial charge in [-0.1, -0.05) is 39.3 Å². The fraction of sp³-hybridized carbons (Fsp3) is 0.0714. The lowest BCUT2D eigenvalue weighted by molar-refractivity contribution is 0.273. The van der Waals surface area contributed by atoms with Gasteiger partial charge in [0, 0.05) is 15.6 Å². The van der Waals surface area contributed by atoms with E-state index in [1.807, 2.05) is 6.07 Å². The lowest BCUT2D eigenvalue weighted by Gasteiger charge is -2.10. The number of hydrogen-bond acceptors (Lipinski definition) is 3. The Bertz CT molecular complexity index is 669. The number of hydrogen-bond donors (Lipinski definition) is 2. The highest BCUT2D eigenvalue weighted by molar-refractivity contribution is 9.10. The summed E-state index contributed by atoms with van der Waals surface area (Å²) >= 11 is 3.32. The highest BCUT2D eigenvalue weighted by atomic mass is 79.9. The second-order valence-corrected chi connectivity index (χ2v) is 4.99. The predicted molar refractivity (Wildman–Crippen MR) is 77.3 cm³/mol. The Balaban J connectivity index is 2.23. The molecule has 0 unspecified atom stereocenters. The Kier molecular flexibility index (Phi) is 4.74. The molecule has 0 fully saturated rings. The minimum absolute atomic E-state index is 0.00180. The molecule has 2 aromatic rings. The predicted octanol–water partition coefficient (Wildman–Crippen LogP) is 3.40. The molecule has 21 heavy (non-hydrogen) atoms. The van der Waals surface area contributed by atoms with Crippen molar-refractivity contribution in [3.63, 3.8) is 0 Å². The van der Waals surface area contributed by atoms with Gasteiger partial charge in [0.05, 0.1) is 0 Å². The molecule has 0 atom stereocenters. The van der Waals surface area contributed by atoms with Crippen LogP contribution in [0.1, 0.15) is 11.1 Å². The fourth-order valence-corrected chi connectivity index (χ4v) is 2.07. The molecule has 3 N–H and O–H groups in total. The van der Waals surface area contributed by atoms with E-state index >= 15 is 0 Å². The monoisotopic (exact) mass is 356 g/mol. The lowest BCUT2D eigenvalue weighted by Crippen LogP contribution is -2.14. The van der Waals surface area contributed by atoms with Crippen molar-refractivity contribution in [2.75, 3.05) is 0 Å². The third-order valence-electron chi connectivity index (χ3n) is 2.73. The number of oxime groups is 1. The zero-order chi connectivity index (χ0) is 15.4. The van der Waals surface area contributed by atoms with Crippen molar-refractivity contribution >= 4 is 21.8 Å². The third kappa shape index (κ3) is 3.49. The summed E-state index contributed by atoms with van der Waals surface area (Å²) in [4.78, 5) is 0. The van der Waals surface area contributed by atoms with Crippen molar-refractivity contribution in [1.82, 2.24) is 0 Å². The molecule has 0 spiro atoms. The number of ether oxygens (including phenoxy) is 1. The summed E-state index contributed by atoms with van der Waals surface area (Å²) in [5.41, 5.74) is 5.96. The topological polar surface area (TPSA) is 67.8 Å². The van der Waals surface area contributed by atoms with Crippen LogP contribution in [-0.4, -0.2) is 11.0 Å². The maximum absolute atomic E-state index is 13.8. The number of halogens is 3. The van der Waals surface area contributed by atoms with Gasteiger partial charge in [0.1, 0.15) is 6.61 Å². The zero-order valence-electron chi connectivity index (χ0n) is 10.7. The molecule has 0 heterocycles. The van der Waals surface area contributed by atoms with Crippen LogP contribution >= 0.6 is 15.9 Å². The van der Waals surface area contributed by atoms with Crippen LogP contribution in [0.2, 0.25) is 0 Å². The van der Waals surface area contributed by atoms with E-state index < -0.39 is 17.4 Å². The van der Waals surface area contributed by atoms with Crippen LogP contribution in [0, 0.1) is 11.6 Å². The Morgan fingerprint density at radius 3 is 2.43 bits per heavy atom. The molecule has 0 aliphatic heterocycles. The number of nitrogens with two attached hydrogens (primary N) is 1. The second kappa shape index (κ2) is 6.53. The Labute approximate surface area is 128 Å². The van der Waals surface area contributed by atoms with Gasteiger partial charge in [0.2, 0.25) is 0 Å². The third-order valence-corrected chi connectivity index (χ3v) is 3.51. The van der Waals surface area contributed by atoms with E-state index in [-0.39, 0.29) is 18.0 Å². The van der Waals surface area contributed by atoms with E-state index in [2.05, 4.69) is 21.1 Å². The van der Waals surface area contributed by atoms with Crippen LogP contribution in [0.5, 0.6) is 5.75 Å². The van der Waals surface area contributed by atoms with Crippen LogP contribution in [0.25, 0.3) is 0 Å². The Morgan fingerprint density at radius 2 is 1.86 bits per heavy atom. The summed E-state index contributed by atoms with van der Waals surface area (Å²) < 4.78 is 33.6. The van der Waals surface area contributed by atoms with E-state index in [1.165, 1.54) is 0 Å². The van der Waals surface area contributed by atoms with Crippen LogP contribution in [-0.2, 0) is 6.61 Å². The molecule has 0 aliphatic carbocycles. The quantitative estimate of drug-likeness (QED) is 0.381. The molecule has 0 aliphatic rings. The molecular formula is C14H11BrF2N2O2. The van der Waals surface area contributed by atoms with Gasteiger partial charge in [-0.3, -0.25) is 0 Å². The van der Waals surface area contributed by atoms with Crippen molar-refractivity contribution in [2.45, 2.75) is 6.61 Å². The Hall–Kier alpha value is -2.15. The van der Waals surface area contributed by atoms with Gasteiger partial charge >= 0.3 is 0 Å². The molecule has 110 valence electrons. The highest BCUT2D eigenvalue weighted by Gasteiger charge is 2.15. The summed E-state index contributed by atoms with van der Waals surface area (Å²) in [7, 11) is 0. The minimum Gasteiger partial charge on any atom is -0.483 e. The average Bonchev–Trinajstić information content (AvgIpc) is 2.47. The van der Waals surface area contributed by atoms with E-state index in [9.17, 15) is 8.78 Å². The number of benzene rings is 2. The van der Waals surface area contributed by atoms with E-state index in [0.717, 1.165) is 22.2 Å². The van der Waals surface area contributed by atoms with Crippen molar-refractivity contribution in [3.8, 4) is 5.75 Å². The first kappa shape index (κ1) is 15.2. The number of nitrogens with zero attached hydrogens (tertiary/aromatic N) is 1. The van der Waals surface area contributed by atoms with Gasteiger partial charge in [-0.15, -0.1) is 0 Å². The maximum Gasteiger partial charge on any atom is 0.191 e. The van der Waals surface area contributed by atoms with E-state index in [1.54, 1.807) is 18.2 Å². The summed E-state index contributed by atoms with van der Waals surface area (Å²) in [6, 6.07) is 9.05. The Morgan fingerprint density at radius 1 is 1.24 bits per heavy atom. The molecule has 0 aromatic heterocycles. The SMILES string of the molecule is N/C(=N/O)c1cc(F)c(OCc2ccccc2Br)c(F)c1. The molecule has 0 saturated carbocycles. The maximum atomic E-state index is 13.8. The summed E-state index contributed by atoms with van der Waals surface area (Å²) in [6.45, 7) is -0.00180. The molecular weight excluding hydrogens is 346 g/mol. The average molecular weight is 357 g/mol. The van der Waals surface area contributed by atoms with Crippen molar-refractivity contribution < 1.29 is 18.7 Å². The smallest absolute Gasteiger partial charge is 0.191 e. The fourth-order valence-electron chi connectivity index (χ4n) is 1.67. The van der Waals surface area contributed by atoms with Gasteiger partial charge in [0.15, 0.2) is 23.2 Å². The largest absolute Gasteiger partial charge is 0.483 e. The van der Waals surface area contributed by atoms with Crippen LogP contribution in [0.3, 0.4) is 0 Å². The van der Waals surface area contributed by atoms with Crippen molar-refractivity contribution in [1.29, 1.82) is 0 Å². The molecule has 2 rings (SSSR count). The van der Waals surface area contributed by atoms with E-state index in [4.69, 9.17) is 15.7 Å².